The molecule has 0 saturated carbocycles. The Labute approximate surface area is 151 Å². The van der Waals surface area contributed by atoms with E-state index in [2.05, 4.69) is 39.6 Å². The summed E-state index contributed by atoms with van der Waals surface area (Å²) in [5.74, 6) is 0.847. The number of methoxy groups -OCH3 is 1. The molecule has 25 heavy (non-hydrogen) atoms. The van der Waals surface area contributed by atoms with E-state index in [0.29, 0.717) is 6.54 Å². The molecule has 0 aromatic heterocycles. The van der Waals surface area contributed by atoms with Gasteiger partial charge in [-0.15, -0.1) is 0 Å². The zero-order chi connectivity index (χ0) is 18.4. The lowest BCUT2D eigenvalue weighted by atomic mass is 10.0. The van der Waals surface area contributed by atoms with Gasteiger partial charge in [0.25, 0.3) is 0 Å². The number of piperazine rings is 1. The van der Waals surface area contributed by atoms with Gasteiger partial charge in [0.15, 0.2) is 0 Å². The van der Waals surface area contributed by atoms with Gasteiger partial charge in [-0.2, -0.15) is 0 Å². The van der Waals surface area contributed by atoms with Crippen molar-refractivity contribution in [1.29, 1.82) is 0 Å². The summed E-state index contributed by atoms with van der Waals surface area (Å²) < 4.78 is 5.26. The van der Waals surface area contributed by atoms with Crippen molar-refractivity contribution < 1.29 is 9.53 Å². The highest BCUT2D eigenvalue weighted by molar-refractivity contribution is 5.74. The van der Waals surface area contributed by atoms with Crippen molar-refractivity contribution in [3.8, 4) is 5.75 Å². The summed E-state index contributed by atoms with van der Waals surface area (Å²) in [4.78, 5) is 16.9. The third-order valence-corrected chi connectivity index (χ3v) is 4.42. The first-order valence-corrected chi connectivity index (χ1v) is 8.91. The van der Waals surface area contributed by atoms with Crippen LogP contribution in [0.4, 0.5) is 4.79 Å². The van der Waals surface area contributed by atoms with Gasteiger partial charge < -0.3 is 20.3 Å². The van der Waals surface area contributed by atoms with E-state index in [1.54, 1.807) is 7.11 Å². The van der Waals surface area contributed by atoms with Crippen LogP contribution in [-0.4, -0.2) is 68.3 Å². The first kappa shape index (κ1) is 19.5. The number of ether oxygens (including phenoxy) is 1. The second kappa shape index (κ2) is 8.54. The average Bonchev–Trinajstić information content (AvgIpc) is 2.55. The number of hydrogen-bond donors (Lipinski definition) is 2. The Bertz CT molecular complexity index is 546. The Morgan fingerprint density at radius 3 is 2.28 bits per heavy atom. The normalized spacial score (nSPS) is 17.8. The number of urea groups is 1. The van der Waals surface area contributed by atoms with Crippen molar-refractivity contribution in [3.05, 3.63) is 29.8 Å². The Morgan fingerprint density at radius 2 is 1.76 bits per heavy atom. The minimum absolute atomic E-state index is 0.125. The van der Waals surface area contributed by atoms with E-state index in [1.807, 2.05) is 32.9 Å². The Morgan fingerprint density at radius 1 is 1.16 bits per heavy atom. The molecule has 0 aliphatic carbocycles. The lowest BCUT2D eigenvalue weighted by Gasteiger charge is -2.38. The van der Waals surface area contributed by atoms with Crippen LogP contribution in [0.25, 0.3) is 0 Å². The lowest BCUT2D eigenvalue weighted by molar-refractivity contribution is 0.111. The highest BCUT2D eigenvalue weighted by Crippen LogP contribution is 2.24. The number of carbonyl (C=O) groups is 1. The van der Waals surface area contributed by atoms with Crippen LogP contribution in [0.2, 0.25) is 0 Å². The molecule has 1 aromatic rings. The lowest BCUT2D eigenvalue weighted by Crippen LogP contribution is -2.51. The maximum absolute atomic E-state index is 12.2. The maximum atomic E-state index is 12.2. The van der Waals surface area contributed by atoms with Gasteiger partial charge in [0.2, 0.25) is 0 Å². The number of nitrogens with one attached hydrogen (secondary N) is 2. The first-order valence-electron chi connectivity index (χ1n) is 8.91. The molecule has 6 heteroatoms. The van der Waals surface area contributed by atoms with Crippen LogP contribution in [0.5, 0.6) is 5.75 Å². The molecule has 2 rings (SSSR count). The van der Waals surface area contributed by atoms with Crippen molar-refractivity contribution in [3.63, 3.8) is 0 Å². The standard InChI is InChI=1S/C19H32N4O2/c1-19(2,3)21-18(24)20-14-17(23-12-10-22(4)11-13-23)15-6-8-16(25-5)9-7-15/h6-9,17H,10-14H2,1-5H3,(H2,20,21,24)/t17-/m0/s1. The van der Waals surface area contributed by atoms with E-state index in [0.717, 1.165) is 31.9 Å². The summed E-state index contributed by atoms with van der Waals surface area (Å²) in [5, 5.41) is 6.00. The van der Waals surface area contributed by atoms with Crippen LogP contribution in [-0.2, 0) is 0 Å². The van der Waals surface area contributed by atoms with Crippen LogP contribution < -0.4 is 15.4 Å². The van der Waals surface area contributed by atoms with Crippen molar-refractivity contribution in [2.24, 2.45) is 0 Å². The minimum Gasteiger partial charge on any atom is -0.497 e. The van der Waals surface area contributed by atoms with Gasteiger partial charge in [0.1, 0.15) is 5.75 Å². The van der Waals surface area contributed by atoms with Gasteiger partial charge in [-0.05, 0) is 45.5 Å². The van der Waals surface area contributed by atoms with Crippen LogP contribution >= 0.6 is 0 Å². The number of rotatable bonds is 5. The van der Waals surface area contributed by atoms with Gasteiger partial charge in [-0.1, -0.05) is 12.1 Å². The Kier molecular flexibility index (Phi) is 6.67. The molecule has 6 nitrogen and oxygen atoms in total. The Balaban J connectivity index is 2.07. The average molecular weight is 348 g/mol. The number of nitrogens with zero attached hydrogens (tertiary/aromatic N) is 2. The number of benzene rings is 1. The SMILES string of the molecule is COc1ccc([C@H](CNC(=O)NC(C)(C)C)N2CCN(C)CC2)cc1. The highest BCUT2D eigenvalue weighted by atomic mass is 16.5. The van der Waals surface area contributed by atoms with Gasteiger partial charge >= 0.3 is 6.03 Å². The maximum Gasteiger partial charge on any atom is 0.315 e. The molecule has 0 bridgehead atoms. The largest absolute Gasteiger partial charge is 0.497 e. The molecule has 1 saturated heterocycles. The fourth-order valence-corrected chi connectivity index (χ4v) is 2.99. The summed E-state index contributed by atoms with van der Waals surface area (Å²) in [6.07, 6.45) is 0. The summed E-state index contributed by atoms with van der Waals surface area (Å²) in [7, 11) is 3.82. The second-order valence-corrected chi connectivity index (χ2v) is 7.71. The minimum atomic E-state index is -0.243. The first-order chi connectivity index (χ1) is 11.8. The van der Waals surface area contributed by atoms with Crippen LogP contribution in [0.1, 0.15) is 32.4 Å². The van der Waals surface area contributed by atoms with E-state index in [1.165, 1.54) is 5.56 Å². The molecule has 1 fully saturated rings. The number of amides is 2. The number of likely N-dealkylation sites (N-methyl/N-ethyl adjacent to an activating group) is 1. The van der Waals surface area contributed by atoms with Crippen molar-refractivity contribution in [2.45, 2.75) is 32.4 Å². The molecule has 1 heterocycles. The van der Waals surface area contributed by atoms with E-state index in [4.69, 9.17) is 4.74 Å². The summed E-state index contributed by atoms with van der Waals surface area (Å²) in [5.41, 5.74) is 0.953. The van der Waals surface area contributed by atoms with Crippen molar-refractivity contribution in [1.82, 2.24) is 20.4 Å². The number of carbonyl (C=O) groups excluding carboxylic acids is 1. The zero-order valence-corrected chi connectivity index (χ0v) is 16.1. The molecule has 1 atom stereocenters. The molecular formula is C19H32N4O2. The van der Waals surface area contributed by atoms with E-state index in [-0.39, 0.29) is 17.6 Å². The third-order valence-electron chi connectivity index (χ3n) is 4.42. The molecule has 1 aliphatic heterocycles. The molecule has 1 aliphatic rings. The summed E-state index contributed by atoms with van der Waals surface area (Å²) in [6.45, 7) is 10.6. The molecule has 0 unspecified atom stereocenters. The predicted molar refractivity (Wildman–Crippen MR) is 101 cm³/mol. The van der Waals surface area contributed by atoms with Crippen LogP contribution in [0.3, 0.4) is 0 Å². The van der Waals surface area contributed by atoms with Gasteiger partial charge in [-0.3, -0.25) is 4.90 Å². The quantitative estimate of drug-likeness (QED) is 0.855. The van der Waals surface area contributed by atoms with Gasteiger partial charge in [-0.25, -0.2) is 4.79 Å². The van der Waals surface area contributed by atoms with Crippen LogP contribution in [0.15, 0.2) is 24.3 Å². The molecule has 2 N–H and O–H groups in total. The van der Waals surface area contributed by atoms with Crippen molar-refractivity contribution >= 4 is 6.03 Å². The van der Waals surface area contributed by atoms with Gasteiger partial charge in [0.05, 0.1) is 13.2 Å². The number of hydrogen-bond acceptors (Lipinski definition) is 4. The fourth-order valence-electron chi connectivity index (χ4n) is 2.99. The third kappa shape index (κ3) is 6.21. The molecular weight excluding hydrogens is 316 g/mol. The summed E-state index contributed by atoms with van der Waals surface area (Å²) in [6, 6.07) is 8.17. The highest BCUT2D eigenvalue weighted by Gasteiger charge is 2.25. The molecule has 2 amide bonds. The monoisotopic (exact) mass is 348 g/mol. The fraction of sp³-hybridized carbons (Fsp3) is 0.632. The van der Waals surface area contributed by atoms with Crippen molar-refractivity contribution in [2.75, 3.05) is 46.9 Å². The topological polar surface area (TPSA) is 56.8 Å². The van der Waals surface area contributed by atoms with E-state index >= 15 is 0 Å². The second-order valence-electron chi connectivity index (χ2n) is 7.71. The zero-order valence-electron chi connectivity index (χ0n) is 16.1. The summed E-state index contributed by atoms with van der Waals surface area (Å²) >= 11 is 0. The predicted octanol–water partition coefficient (Wildman–Crippen LogP) is 2.08. The molecule has 1 aromatic carbocycles. The smallest absolute Gasteiger partial charge is 0.315 e. The van der Waals surface area contributed by atoms with E-state index in [9.17, 15) is 4.79 Å². The Hall–Kier alpha value is -1.79. The molecule has 0 spiro atoms. The molecule has 140 valence electrons. The van der Waals surface area contributed by atoms with E-state index < -0.39 is 0 Å². The van der Waals surface area contributed by atoms with Crippen LogP contribution in [0, 0.1) is 0 Å². The van der Waals surface area contributed by atoms with Gasteiger partial charge in [0, 0.05) is 38.3 Å². The molecule has 0 radical (unpaired) electrons.